The Bertz CT molecular complexity index is 920. The summed E-state index contributed by atoms with van der Waals surface area (Å²) in [6.45, 7) is 11.5. The highest BCUT2D eigenvalue weighted by molar-refractivity contribution is 5.35. The van der Waals surface area contributed by atoms with Crippen LogP contribution >= 0.6 is 0 Å². The summed E-state index contributed by atoms with van der Waals surface area (Å²) in [5, 5.41) is 4.39. The summed E-state index contributed by atoms with van der Waals surface area (Å²) < 4.78 is 1.94. The Morgan fingerprint density at radius 3 is 2.74 bits per heavy atom. The van der Waals surface area contributed by atoms with E-state index >= 15 is 0 Å². The standard InChI is InChI=1S/C21H31N5O/c1-14-15(11-22-25(14)5)12-26-10-6-8-21(13-26)9-7-16-17(21)23-19(20(2,3)4)24-18(16)27/h11H,6-10,12-13H2,1-5H3,(H,23,24,27). The minimum absolute atomic E-state index is 0.0258. The largest absolute Gasteiger partial charge is 0.310 e. The Labute approximate surface area is 161 Å². The number of nitrogens with zero attached hydrogens (tertiary/aromatic N) is 4. The molecule has 4 rings (SSSR count). The van der Waals surface area contributed by atoms with E-state index in [2.05, 4.69) is 42.7 Å². The van der Waals surface area contributed by atoms with Crippen molar-refractivity contribution in [2.75, 3.05) is 13.1 Å². The molecule has 0 radical (unpaired) electrons. The topological polar surface area (TPSA) is 66.8 Å². The van der Waals surface area contributed by atoms with Gasteiger partial charge in [0.25, 0.3) is 5.56 Å². The summed E-state index contributed by atoms with van der Waals surface area (Å²) in [5.74, 6) is 0.813. The lowest BCUT2D eigenvalue weighted by Gasteiger charge is -2.40. The SMILES string of the molecule is Cc1c(CN2CCCC3(CCc4c3nc(C(C)(C)C)[nH]c4=O)C2)cnn1C. The maximum Gasteiger partial charge on any atom is 0.254 e. The number of nitrogens with one attached hydrogen (secondary N) is 1. The molecule has 1 fully saturated rings. The summed E-state index contributed by atoms with van der Waals surface area (Å²) in [7, 11) is 1.99. The molecule has 27 heavy (non-hydrogen) atoms. The van der Waals surface area contributed by atoms with Crippen molar-refractivity contribution in [1.82, 2.24) is 24.6 Å². The molecule has 1 atom stereocenters. The molecule has 3 heterocycles. The van der Waals surface area contributed by atoms with E-state index in [1.54, 1.807) is 0 Å². The quantitative estimate of drug-likeness (QED) is 0.884. The highest BCUT2D eigenvalue weighted by atomic mass is 16.1. The smallest absolute Gasteiger partial charge is 0.254 e. The number of piperidine rings is 1. The van der Waals surface area contributed by atoms with Gasteiger partial charge in [-0.3, -0.25) is 14.4 Å². The molecule has 2 aromatic rings. The van der Waals surface area contributed by atoms with Gasteiger partial charge in [0.15, 0.2) is 0 Å². The minimum atomic E-state index is -0.154. The van der Waals surface area contributed by atoms with Gasteiger partial charge in [0.2, 0.25) is 0 Å². The molecule has 1 N–H and O–H groups in total. The second-order valence-electron chi connectivity index (χ2n) is 9.47. The van der Waals surface area contributed by atoms with Gasteiger partial charge >= 0.3 is 0 Å². The van der Waals surface area contributed by atoms with Gasteiger partial charge < -0.3 is 4.98 Å². The molecular weight excluding hydrogens is 338 g/mol. The monoisotopic (exact) mass is 369 g/mol. The third-order valence-corrected chi connectivity index (χ3v) is 6.47. The molecule has 1 aliphatic carbocycles. The fourth-order valence-electron chi connectivity index (χ4n) is 4.71. The number of likely N-dealkylation sites (tertiary alicyclic amines) is 1. The van der Waals surface area contributed by atoms with E-state index in [9.17, 15) is 4.79 Å². The molecule has 1 unspecified atom stereocenters. The maximum atomic E-state index is 12.7. The van der Waals surface area contributed by atoms with Crippen molar-refractivity contribution in [3.63, 3.8) is 0 Å². The zero-order valence-electron chi connectivity index (χ0n) is 17.2. The molecule has 0 aromatic carbocycles. The zero-order valence-corrected chi connectivity index (χ0v) is 17.2. The Kier molecular flexibility index (Phi) is 4.29. The van der Waals surface area contributed by atoms with Gasteiger partial charge in [-0.1, -0.05) is 20.8 Å². The second-order valence-corrected chi connectivity index (χ2v) is 9.47. The Balaban J connectivity index is 1.66. The van der Waals surface area contributed by atoms with Crippen molar-refractivity contribution in [1.29, 1.82) is 0 Å². The number of fused-ring (bicyclic) bond motifs is 2. The molecule has 0 bridgehead atoms. The van der Waals surface area contributed by atoms with Gasteiger partial charge in [-0.05, 0) is 39.2 Å². The van der Waals surface area contributed by atoms with Crippen LogP contribution in [0.15, 0.2) is 11.0 Å². The van der Waals surface area contributed by atoms with Gasteiger partial charge in [-0.2, -0.15) is 5.10 Å². The van der Waals surface area contributed by atoms with Crippen molar-refractivity contribution in [2.24, 2.45) is 7.05 Å². The third-order valence-electron chi connectivity index (χ3n) is 6.47. The predicted octanol–water partition coefficient (Wildman–Crippen LogP) is 2.59. The van der Waals surface area contributed by atoms with E-state index in [-0.39, 0.29) is 16.4 Å². The van der Waals surface area contributed by atoms with E-state index < -0.39 is 0 Å². The van der Waals surface area contributed by atoms with Crippen molar-refractivity contribution < 1.29 is 0 Å². The Morgan fingerprint density at radius 2 is 2.07 bits per heavy atom. The lowest BCUT2D eigenvalue weighted by molar-refractivity contribution is 0.136. The molecular formula is C21H31N5O. The van der Waals surface area contributed by atoms with Gasteiger partial charge in [-0.25, -0.2) is 4.98 Å². The summed E-state index contributed by atoms with van der Waals surface area (Å²) >= 11 is 0. The first-order chi connectivity index (χ1) is 12.7. The summed E-state index contributed by atoms with van der Waals surface area (Å²) in [6, 6.07) is 0. The predicted molar refractivity (Wildman–Crippen MR) is 106 cm³/mol. The minimum Gasteiger partial charge on any atom is -0.310 e. The molecule has 2 aliphatic rings. The number of hydrogen-bond donors (Lipinski definition) is 1. The summed E-state index contributed by atoms with van der Waals surface area (Å²) in [5.41, 5.74) is 4.46. The van der Waals surface area contributed by atoms with Crippen LogP contribution in [-0.2, 0) is 30.8 Å². The average Bonchev–Trinajstić information content (AvgIpc) is 3.10. The highest BCUT2D eigenvalue weighted by Crippen LogP contribution is 2.43. The van der Waals surface area contributed by atoms with Crippen LogP contribution in [0.25, 0.3) is 0 Å². The molecule has 0 saturated carbocycles. The van der Waals surface area contributed by atoms with E-state index in [0.717, 1.165) is 62.4 Å². The molecule has 6 nitrogen and oxygen atoms in total. The number of aromatic amines is 1. The van der Waals surface area contributed by atoms with Gasteiger partial charge in [-0.15, -0.1) is 0 Å². The van der Waals surface area contributed by atoms with Crippen LogP contribution in [0.2, 0.25) is 0 Å². The number of H-pyrrole nitrogens is 1. The van der Waals surface area contributed by atoms with Crippen LogP contribution in [0.4, 0.5) is 0 Å². The van der Waals surface area contributed by atoms with Crippen LogP contribution in [0.1, 0.15) is 68.4 Å². The molecule has 1 spiro atoms. The first-order valence-electron chi connectivity index (χ1n) is 10.0. The molecule has 146 valence electrons. The number of aromatic nitrogens is 4. The van der Waals surface area contributed by atoms with Gasteiger partial charge in [0, 0.05) is 47.8 Å². The maximum absolute atomic E-state index is 12.7. The molecule has 6 heteroatoms. The third kappa shape index (κ3) is 3.14. The van der Waals surface area contributed by atoms with Crippen LogP contribution in [0.5, 0.6) is 0 Å². The lowest BCUT2D eigenvalue weighted by atomic mass is 9.77. The van der Waals surface area contributed by atoms with Gasteiger partial charge in [0.1, 0.15) is 5.82 Å². The van der Waals surface area contributed by atoms with Crippen LogP contribution in [0, 0.1) is 6.92 Å². The molecule has 1 aliphatic heterocycles. The van der Waals surface area contributed by atoms with E-state index in [1.807, 2.05) is 17.9 Å². The zero-order chi connectivity index (χ0) is 19.4. The van der Waals surface area contributed by atoms with E-state index in [0.29, 0.717) is 0 Å². The molecule has 1 saturated heterocycles. The Morgan fingerprint density at radius 1 is 1.30 bits per heavy atom. The van der Waals surface area contributed by atoms with Crippen LogP contribution in [0.3, 0.4) is 0 Å². The first kappa shape index (κ1) is 18.4. The van der Waals surface area contributed by atoms with Crippen LogP contribution in [-0.4, -0.2) is 37.7 Å². The number of rotatable bonds is 2. The second kappa shape index (κ2) is 6.30. The molecule has 0 amide bonds. The van der Waals surface area contributed by atoms with Crippen molar-refractivity contribution in [3.8, 4) is 0 Å². The van der Waals surface area contributed by atoms with Crippen LogP contribution < -0.4 is 5.56 Å². The average molecular weight is 370 g/mol. The number of aryl methyl sites for hydroxylation is 1. The lowest BCUT2D eigenvalue weighted by Crippen LogP contribution is -2.45. The van der Waals surface area contributed by atoms with E-state index in [1.165, 1.54) is 11.3 Å². The van der Waals surface area contributed by atoms with Crippen molar-refractivity contribution >= 4 is 0 Å². The fraction of sp³-hybridized carbons (Fsp3) is 0.667. The van der Waals surface area contributed by atoms with E-state index in [4.69, 9.17) is 4.98 Å². The molecule has 2 aromatic heterocycles. The van der Waals surface area contributed by atoms with Gasteiger partial charge in [0.05, 0.1) is 11.9 Å². The van der Waals surface area contributed by atoms with Crippen molar-refractivity contribution in [2.45, 2.75) is 70.8 Å². The highest BCUT2D eigenvalue weighted by Gasteiger charge is 2.45. The fourth-order valence-corrected chi connectivity index (χ4v) is 4.71. The normalized spacial score (nSPS) is 23.1. The summed E-state index contributed by atoms with van der Waals surface area (Å²) in [6.07, 6.45) is 6.15. The first-order valence-corrected chi connectivity index (χ1v) is 10.0. The van der Waals surface area contributed by atoms with Crippen molar-refractivity contribution in [3.05, 3.63) is 44.9 Å². The summed E-state index contributed by atoms with van der Waals surface area (Å²) in [4.78, 5) is 23.3. The Hall–Kier alpha value is -1.95. The number of hydrogen-bond acceptors (Lipinski definition) is 4.